The van der Waals surface area contributed by atoms with Gasteiger partial charge < -0.3 is 4.90 Å². The summed E-state index contributed by atoms with van der Waals surface area (Å²) >= 11 is 0. The van der Waals surface area contributed by atoms with Gasteiger partial charge in [-0.25, -0.2) is 0 Å². The summed E-state index contributed by atoms with van der Waals surface area (Å²) in [5.41, 5.74) is 2.92. The first-order valence-corrected chi connectivity index (χ1v) is 8.13. The van der Waals surface area contributed by atoms with Gasteiger partial charge in [0.1, 0.15) is 6.17 Å². The molecule has 1 aliphatic carbocycles. The van der Waals surface area contributed by atoms with Gasteiger partial charge in [-0.1, -0.05) is 45.0 Å². The summed E-state index contributed by atoms with van der Waals surface area (Å²) in [5, 5.41) is 3.39. The average molecular weight is 286 g/mol. The van der Waals surface area contributed by atoms with Crippen molar-refractivity contribution in [1.82, 2.24) is 10.2 Å². The standard InChI is InChI=1S/C18H26N2O/c1-4-13-5-7-14(8-6-13)17-19-12-16(21)20(17)15-9-10-18(2,3)11-15/h5-8,15,17,19H,4,9-12H2,1-3H3. The molecule has 21 heavy (non-hydrogen) atoms. The molecule has 2 atom stereocenters. The van der Waals surface area contributed by atoms with Crippen LogP contribution in [0.3, 0.4) is 0 Å². The Kier molecular flexibility index (Phi) is 3.78. The molecule has 1 aromatic rings. The van der Waals surface area contributed by atoms with Gasteiger partial charge in [-0.3, -0.25) is 10.1 Å². The van der Waals surface area contributed by atoms with Gasteiger partial charge in [-0.15, -0.1) is 0 Å². The SMILES string of the molecule is CCc1ccc(C2NCC(=O)N2C2CCC(C)(C)C2)cc1. The Bertz CT molecular complexity index is 521. The molecule has 0 aromatic heterocycles. The second kappa shape index (κ2) is 5.45. The highest BCUT2D eigenvalue weighted by atomic mass is 16.2. The minimum Gasteiger partial charge on any atom is -0.319 e. The third-order valence-electron chi connectivity index (χ3n) is 5.05. The fraction of sp³-hybridized carbons (Fsp3) is 0.611. The Morgan fingerprint density at radius 3 is 2.57 bits per heavy atom. The summed E-state index contributed by atoms with van der Waals surface area (Å²) in [4.78, 5) is 14.4. The predicted molar refractivity (Wildman–Crippen MR) is 84.8 cm³/mol. The molecule has 0 bridgehead atoms. The number of benzene rings is 1. The maximum Gasteiger partial charge on any atom is 0.238 e. The molecule has 1 saturated carbocycles. The number of amides is 1. The molecule has 3 rings (SSSR count). The normalized spacial score (nSPS) is 28.3. The fourth-order valence-electron chi connectivity index (χ4n) is 3.78. The molecule has 0 radical (unpaired) electrons. The number of nitrogens with zero attached hydrogens (tertiary/aromatic N) is 1. The highest BCUT2D eigenvalue weighted by Crippen LogP contribution is 2.42. The van der Waals surface area contributed by atoms with E-state index in [1.165, 1.54) is 17.5 Å². The maximum absolute atomic E-state index is 12.3. The minimum atomic E-state index is 0.0577. The number of carbonyl (C=O) groups is 1. The van der Waals surface area contributed by atoms with Crippen LogP contribution in [0.2, 0.25) is 0 Å². The Morgan fingerprint density at radius 1 is 1.29 bits per heavy atom. The first-order chi connectivity index (χ1) is 10.00. The molecule has 2 aliphatic rings. The van der Waals surface area contributed by atoms with Crippen LogP contribution in [0.5, 0.6) is 0 Å². The lowest BCUT2D eigenvalue weighted by Gasteiger charge is -2.31. The van der Waals surface area contributed by atoms with Gasteiger partial charge in [0.25, 0.3) is 0 Å². The second-order valence-electron chi connectivity index (χ2n) is 7.24. The van der Waals surface area contributed by atoms with E-state index in [4.69, 9.17) is 0 Å². The number of rotatable bonds is 3. The minimum absolute atomic E-state index is 0.0577. The van der Waals surface area contributed by atoms with Crippen molar-refractivity contribution in [3.05, 3.63) is 35.4 Å². The Hall–Kier alpha value is -1.35. The zero-order valence-electron chi connectivity index (χ0n) is 13.4. The van der Waals surface area contributed by atoms with Gasteiger partial charge in [0, 0.05) is 6.04 Å². The van der Waals surface area contributed by atoms with E-state index in [1.807, 2.05) is 0 Å². The number of aryl methyl sites for hydroxylation is 1. The Morgan fingerprint density at radius 2 is 2.00 bits per heavy atom. The molecule has 2 fully saturated rings. The number of hydrogen-bond donors (Lipinski definition) is 1. The Labute approximate surface area is 127 Å². The van der Waals surface area contributed by atoms with Crippen LogP contribution < -0.4 is 5.32 Å². The zero-order chi connectivity index (χ0) is 15.0. The van der Waals surface area contributed by atoms with Crippen molar-refractivity contribution >= 4 is 5.91 Å². The molecule has 1 aromatic carbocycles. The van der Waals surface area contributed by atoms with E-state index in [2.05, 4.69) is 55.3 Å². The average Bonchev–Trinajstić information content (AvgIpc) is 3.01. The van der Waals surface area contributed by atoms with Crippen LogP contribution in [0.4, 0.5) is 0 Å². The monoisotopic (exact) mass is 286 g/mol. The molecule has 1 N–H and O–H groups in total. The molecule has 2 unspecified atom stereocenters. The first-order valence-electron chi connectivity index (χ1n) is 8.13. The molecule has 114 valence electrons. The number of hydrogen-bond acceptors (Lipinski definition) is 2. The molecule has 1 aliphatic heterocycles. The van der Waals surface area contributed by atoms with E-state index < -0.39 is 0 Å². The van der Waals surface area contributed by atoms with Crippen molar-refractivity contribution in [2.24, 2.45) is 5.41 Å². The third kappa shape index (κ3) is 2.84. The van der Waals surface area contributed by atoms with Crippen LogP contribution in [-0.2, 0) is 11.2 Å². The van der Waals surface area contributed by atoms with Gasteiger partial charge in [0.2, 0.25) is 5.91 Å². The van der Waals surface area contributed by atoms with Gasteiger partial charge in [-0.05, 0) is 42.2 Å². The third-order valence-corrected chi connectivity index (χ3v) is 5.05. The smallest absolute Gasteiger partial charge is 0.238 e. The summed E-state index contributed by atoms with van der Waals surface area (Å²) in [6.07, 6.45) is 4.57. The number of carbonyl (C=O) groups excluding carboxylic acids is 1. The van der Waals surface area contributed by atoms with Crippen molar-refractivity contribution in [2.45, 2.75) is 58.7 Å². The molecule has 3 heteroatoms. The van der Waals surface area contributed by atoms with E-state index in [0.717, 1.165) is 19.3 Å². The number of nitrogens with one attached hydrogen (secondary N) is 1. The molecule has 3 nitrogen and oxygen atoms in total. The van der Waals surface area contributed by atoms with Gasteiger partial charge in [0.15, 0.2) is 0 Å². The van der Waals surface area contributed by atoms with Gasteiger partial charge >= 0.3 is 0 Å². The van der Waals surface area contributed by atoms with Crippen LogP contribution in [0, 0.1) is 5.41 Å². The maximum atomic E-state index is 12.3. The summed E-state index contributed by atoms with van der Waals surface area (Å²) in [5.74, 6) is 0.252. The van der Waals surface area contributed by atoms with Crippen molar-refractivity contribution in [2.75, 3.05) is 6.54 Å². The van der Waals surface area contributed by atoms with Crippen molar-refractivity contribution in [1.29, 1.82) is 0 Å². The fourth-order valence-corrected chi connectivity index (χ4v) is 3.78. The second-order valence-corrected chi connectivity index (χ2v) is 7.24. The van der Waals surface area contributed by atoms with Crippen LogP contribution in [0.15, 0.2) is 24.3 Å². The molecular formula is C18H26N2O. The molecular weight excluding hydrogens is 260 g/mol. The van der Waals surface area contributed by atoms with E-state index in [-0.39, 0.29) is 12.1 Å². The lowest BCUT2D eigenvalue weighted by atomic mass is 9.91. The van der Waals surface area contributed by atoms with Gasteiger partial charge in [-0.2, -0.15) is 0 Å². The summed E-state index contributed by atoms with van der Waals surface area (Å²) in [6.45, 7) is 7.26. The highest BCUT2D eigenvalue weighted by molar-refractivity contribution is 5.81. The van der Waals surface area contributed by atoms with Crippen LogP contribution in [0.25, 0.3) is 0 Å². The topological polar surface area (TPSA) is 32.3 Å². The van der Waals surface area contributed by atoms with Crippen molar-refractivity contribution < 1.29 is 4.79 Å². The van der Waals surface area contributed by atoms with E-state index in [0.29, 0.717) is 18.0 Å². The lowest BCUT2D eigenvalue weighted by Crippen LogP contribution is -2.38. The van der Waals surface area contributed by atoms with E-state index in [1.54, 1.807) is 0 Å². The van der Waals surface area contributed by atoms with Crippen molar-refractivity contribution in [3.8, 4) is 0 Å². The van der Waals surface area contributed by atoms with Crippen LogP contribution in [0.1, 0.15) is 57.3 Å². The summed E-state index contributed by atoms with van der Waals surface area (Å²) in [6, 6.07) is 9.08. The van der Waals surface area contributed by atoms with Crippen LogP contribution in [-0.4, -0.2) is 23.4 Å². The summed E-state index contributed by atoms with van der Waals surface area (Å²) in [7, 11) is 0. The van der Waals surface area contributed by atoms with Crippen LogP contribution >= 0.6 is 0 Å². The lowest BCUT2D eigenvalue weighted by molar-refractivity contribution is -0.130. The predicted octanol–water partition coefficient (Wildman–Crippen LogP) is 3.26. The molecule has 1 heterocycles. The van der Waals surface area contributed by atoms with E-state index >= 15 is 0 Å². The van der Waals surface area contributed by atoms with E-state index in [9.17, 15) is 4.79 Å². The zero-order valence-corrected chi connectivity index (χ0v) is 13.4. The van der Waals surface area contributed by atoms with Gasteiger partial charge in [0.05, 0.1) is 6.54 Å². The Balaban J connectivity index is 1.82. The largest absolute Gasteiger partial charge is 0.319 e. The molecule has 1 amide bonds. The first kappa shape index (κ1) is 14.6. The highest BCUT2D eigenvalue weighted by Gasteiger charge is 2.42. The van der Waals surface area contributed by atoms with Crippen molar-refractivity contribution in [3.63, 3.8) is 0 Å². The molecule has 1 saturated heterocycles. The quantitative estimate of drug-likeness (QED) is 0.925. The molecule has 0 spiro atoms. The summed E-state index contributed by atoms with van der Waals surface area (Å²) < 4.78 is 0.